The molecule has 0 aromatic heterocycles. The van der Waals surface area contributed by atoms with E-state index in [0.717, 1.165) is 5.56 Å². The van der Waals surface area contributed by atoms with Gasteiger partial charge in [-0.2, -0.15) is 0 Å². The molecular weight excluding hydrogens is 292 g/mol. The Hall–Kier alpha value is -1.46. The average Bonchev–Trinajstić information content (AvgIpc) is 2.45. The summed E-state index contributed by atoms with van der Waals surface area (Å²) in [6.07, 6.45) is 0. The van der Waals surface area contributed by atoms with Crippen LogP contribution in [-0.4, -0.2) is 33.7 Å². The van der Waals surface area contributed by atoms with Gasteiger partial charge in [0.05, 0.1) is 24.7 Å². The lowest BCUT2D eigenvalue weighted by atomic mass is 9.92. The van der Waals surface area contributed by atoms with Gasteiger partial charge in [0.1, 0.15) is 0 Å². The molecule has 0 fully saturated rings. The highest BCUT2D eigenvalue weighted by molar-refractivity contribution is 6.32. The minimum absolute atomic E-state index is 0.000318. The van der Waals surface area contributed by atoms with Crippen LogP contribution in [0.1, 0.15) is 19.4 Å². The van der Waals surface area contributed by atoms with Crippen molar-refractivity contribution in [2.45, 2.75) is 20.4 Å². The highest BCUT2D eigenvalue weighted by Crippen LogP contribution is 2.35. The fraction of sp³-hybridized carbons (Fsp3) is 0.533. The number of hydrogen-bond donors (Lipinski definition) is 2. The molecule has 2 N–H and O–H groups in total. The Balaban J connectivity index is 2.73. The SMILES string of the molecule is CNC(=O)C(C)(C)CNCc1cc(Cl)c(OC)c(OC)c1. The molecule has 6 heteroatoms. The van der Waals surface area contributed by atoms with E-state index >= 15 is 0 Å². The molecule has 1 amide bonds. The summed E-state index contributed by atoms with van der Waals surface area (Å²) in [5.41, 5.74) is 0.486. The standard InChI is InChI=1S/C15H23ClN2O3/c1-15(2,14(19)17-3)9-18-8-10-6-11(16)13(21-5)12(7-10)20-4/h6-7,18H,8-9H2,1-5H3,(H,17,19). The number of nitrogens with one attached hydrogen (secondary N) is 2. The molecule has 0 aliphatic rings. The lowest BCUT2D eigenvalue weighted by Gasteiger charge is -2.23. The summed E-state index contributed by atoms with van der Waals surface area (Å²) in [6.45, 7) is 4.92. The molecule has 0 saturated heterocycles. The largest absolute Gasteiger partial charge is 0.493 e. The van der Waals surface area contributed by atoms with Crippen molar-refractivity contribution in [2.24, 2.45) is 5.41 Å². The van der Waals surface area contributed by atoms with Crippen LogP contribution in [0.2, 0.25) is 5.02 Å². The average molecular weight is 315 g/mol. The molecule has 5 nitrogen and oxygen atoms in total. The van der Waals surface area contributed by atoms with Crippen molar-refractivity contribution < 1.29 is 14.3 Å². The predicted molar refractivity (Wildman–Crippen MR) is 84.1 cm³/mol. The molecule has 0 saturated carbocycles. The van der Waals surface area contributed by atoms with Crippen molar-refractivity contribution in [2.75, 3.05) is 27.8 Å². The summed E-state index contributed by atoms with van der Waals surface area (Å²) in [4.78, 5) is 11.7. The number of carbonyl (C=O) groups excluding carboxylic acids is 1. The van der Waals surface area contributed by atoms with Gasteiger partial charge in [-0.25, -0.2) is 0 Å². The Kier molecular flexibility index (Phi) is 6.30. The monoisotopic (exact) mass is 314 g/mol. The molecule has 0 radical (unpaired) electrons. The lowest BCUT2D eigenvalue weighted by molar-refractivity contribution is -0.128. The van der Waals surface area contributed by atoms with Gasteiger partial charge in [-0.15, -0.1) is 0 Å². The van der Waals surface area contributed by atoms with Gasteiger partial charge in [0, 0.05) is 20.1 Å². The van der Waals surface area contributed by atoms with Crippen LogP contribution in [0.3, 0.4) is 0 Å². The van der Waals surface area contributed by atoms with Crippen molar-refractivity contribution >= 4 is 17.5 Å². The second-order valence-electron chi connectivity index (χ2n) is 5.38. The molecule has 1 rings (SSSR count). The first-order valence-corrected chi connectivity index (χ1v) is 7.06. The van der Waals surface area contributed by atoms with Gasteiger partial charge in [-0.3, -0.25) is 4.79 Å². The van der Waals surface area contributed by atoms with Crippen molar-refractivity contribution in [3.63, 3.8) is 0 Å². The zero-order valence-electron chi connectivity index (χ0n) is 13.2. The van der Waals surface area contributed by atoms with Crippen LogP contribution in [0, 0.1) is 5.41 Å². The summed E-state index contributed by atoms with van der Waals surface area (Å²) in [6, 6.07) is 3.69. The summed E-state index contributed by atoms with van der Waals surface area (Å²) >= 11 is 6.16. The third-order valence-electron chi connectivity index (χ3n) is 3.23. The van der Waals surface area contributed by atoms with Crippen LogP contribution in [-0.2, 0) is 11.3 Å². The summed E-state index contributed by atoms with van der Waals surface area (Å²) in [7, 11) is 4.76. The Morgan fingerprint density at radius 3 is 2.48 bits per heavy atom. The van der Waals surface area contributed by atoms with E-state index in [4.69, 9.17) is 21.1 Å². The number of carbonyl (C=O) groups is 1. The molecular formula is C15H23ClN2O3. The molecule has 118 valence electrons. The second-order valence-corrected chi connectivity index (χ2v) is 5.79. The second kappa shape index (κ2) is 7.52. The van der Waals surface area contributed by atoms with Gasteiger partial charge >= 0.3 is 0 Å². The quantitative estimate of drug-likeness (QED) is 0.810. The number of rotatable bonds is 7. The summed E-state index contributed by atoms with van der Waals surface area (Å²) in [5, 5.41) is 6.42. The van der Waals surface area contributed by atoms with Crippen LogP contribution < -0.4 is 20.1 Å². The number of benzene rings is 1. The highest BCUT2D eigenvalue weighted by Gasteiger charge is 2.25. The van der Waals surface area contributed by atoms with E-state index in [-0.39, 0.29) is 5.91 Å². The topological polar surface area (TPSA) is 59.6 Å². The maximum Gasteiger partial charge on any atom is 0.226 e. The third-order valence-corrected chi connectivity index (χ3v) is 3.51. The molecule has 0 aliphatic heterocycles. The van der Waals surface area contributed by atoms with Gasteiger partial charge < -0.3 is 20.1 Å². The lowest BCUT2D eigenvalue weighted by Crippen LogP contribution is -2.41. The molecule has 0 aliphatic carbocycles. The van der Waals surface area contributed by atoms with Crippen LogP contribution in [0.4, 0.5) is 0 Å². The van der Waals surface area contributed by atoms with Crippen LogP contribution in [0.25, 0.3) is 0 Å². The Morgan fingerprint density at radius 1 is 1.29 bits per heavy atom. The fourth-order valence-electron chi connectivity index (χ4n) is 2.01. The maximum atomic E-state index is 11.7. The van der Waals surface area contributed by atoms with E-state index < -0.39 is 5.41 Å². The van der Waals surface area contributed by atoms with Crippen LogP contribution >= 0.6 is 11.6 Å². The predicted octanol–water partition coefficient (Wildman–Crippen LogP) is 2.22. The van der Waals surface area contributed by atoms with Gasteiger partial charge in [0.15, 0.2) is 11.5 Å². The van der Waals surface area contributed by atoms with E-state index in [1.165, 1.54) is 0 Å². The number of hydrogen-bond acceptors (Lipinski definition) is 4. The van der Waals surface area contributed by atoms with E-state index in [0.29, 0.717) is 29.6 Å². The van der Waals surface area contributed by atoms with Gasteiger partial charge in [0.25, 0.3) is 0 Å². The van der Waals surface area contributed by atoms with Crippen LogP contribution in [0.5, 0.6) is 11.5 Å². The highest BCUT2D eigenvalue weighted by atomic mass is 35.5. The van der Waals surface area contributed by atoms with Gasteiger partial charge in [-0.05, 0) is 31.5 Å². The van der Waals surface area contributed by atoms with Crippen LogP contribution in [0.15, 0.2) is 12.1 Å². The molecule has 21 heavy (non-hydrogen) atoms. The summed E-state index contributed by atoms with van der Waals surface area (Å²) < 4.78 is 10.5. The van der Waals surface area contributed by atoms with Crippen molar-refractivity contribution in [3.8, 4) is 11.5 Å². The smallest absolute Gasteiger partial charge is 0.226 e. The van der Waals surface area contributed by atoms with E-state index in [9.17, 15) is 4.79 Å². The Labute approximate surface area is 131 Å². The van der Waals surface area contributed by atoms with Crippen molar-refractivity contribution in [1.29, 1.82) is 0 Å². The fourth-order valence-corrected chi connectivity index (χ4v) is 2.32. The molecule has 0 bridgehead atoms. The Bertz CT molecular complexity index is 504. The molecule has 0 unspecified atom stereocenters. The van der Waals surface area contributed by atoms with Crippen molar-refractivity contribution in [3.05, 3.63) is 22.7 Å². The minimum atomic E-state index is -0.477. The Morgan fingerprint density at radius 2 is 1.95 bits per heavy atom. The number of ether oxygens (including phenoxy) is 2. The van der Waals surface area contributed by atoms with Gasteiger partial charge in [0.2, 0.25) is 5.91 Å². The van der Waals surface area contributed by atoms with E-state index in [2.05, 4.69) is 10.6 Å². The summed E-state index contributed by atoms with van der Waals surface area (Å²) in [5.74, 6) is 1.11. The normalized spacial score (nSPS) is 11.1. The third kappa shape index (κ3) is 4.51. The first kappa shape index (κ1) is 17.6. The van der Waals surface area contributed by atoms with Crippen molar-refractivity contribution in [1.82, 2.24) is 10.6 Å². The molecule has 1 aromatic carbocycles. The maximum absolute atomic E-state index is 11.7. The zero-order valence-corrected chi connectivity index (χ0v) is 13.9. The first-order valence-electron chi connectivity index (χ1n) is 6.69. The molecule has 0 atom stereocenters. The minimum Gasteiger partial charge on any atom is -0.493 e. The molecule has 1 aromatic rings. The molecule has 0 spiro atoms. The number of halogens is 1. The number of methoxy groups -OCH3 is 2. The zero-order chi connectivity index (χ0) is 16.0. The number of amides is 1. The van der Waals surface area contributed by atoms with Gasteiger partial charge in [-0.1, -0.05) is 11.6 Å². The van der Waals surface area contributed by atoms with E-state index in [1.54, 1.807) is 21.3 Å². The van der Waals surface area contributed by atoms with E-state index in [1.807, 2.05) is 26.0 Å². The first-order chi connectivity index (χ1) is 9.85. The molecule has 0 heterocycles.